The Kier molecular flexibility index (Phi) is 4.34. The van der Waals surface area contributed by atoms with Gasteiger partial charge in [0.1, 0.15) is 5.01 Å². The van der Waals surface area contributed by atoms with E-state index in [0.717, 1.165) is 4.90 Å². The largest absolute Gasteiger partial charge is 0.471 e. The normalized spacial score (nSPS) is 11.4. The lowest BCUT2D eigenvalue weighted by molar-refractivity contribution is -0.167. The minimum atomic E-state index is -4.90. The molecule has 8 heteroatoms. The van der Waals surface area contributed by atoms with Crippen molar-refractivity contribution >= 4 is 34.7 Å². The number of anilines is 1. The Morgan fingerprint density at radius 1 is 1.40 bits per heavy atom. The zero-order valence-corrected chi connectivity index (χ0v) is 11.8. The molecule has 0 atom stereocenters. The fraction of sp³-hybridized carbons (Fsp3) is 0.167. The summed E-state index contributed by atoms with van der Waals surface area (Å²) in [4.78, 5) is 15.9. The third kappa shape index (κ3) is 3.31. The van der Waals surface area contributed by atoms with Crippen molar-refractivity contribution in [2.75, 3.05) is 11.6 Å². The smallest absolute Gasteiger partial charge is 0.318 e. The molecule has 0 saturated carbocycles. The molecule has 1 heterocycles. The van der Waals surface area contributed by atoms with Gasteiger partial charge in [-0.05, 0) is 24.5 Å². The number of carbonyl (C=O) groups is 1. The van der Waals surface area contributed by atoms with Gasteiger partial charge in [0.05, 0.1) is 0 Å². The molecule has 3 nitrogen and oxygen atoms in total. The number of thiazole rings is 1. The van der Waals surface area contributed by atoms with Gasteiger partial charge in [-0.15, -0.1) is 23.1 Å². The van der Waals surface area contributed by atoms with Crippen LogP contribution in [0.3, 0.4) is 0 Å². The molecule has 0 aliphatic carbocycles. The van der Waals surface area contributed by atoms with Gasteiger partial charge in [-0.3, -0.25) is 4.79 Å². The predicted molar refractivity (Wildman–Crippen MR) is 74.0 cm³/mol. The minimum Gasteiger partial charge on any atom is -0.318 e. The molecule has 2 rings (SSSR count). The molecule has 1 N–H and O–H groups in total. The maximum Gasteiger partial charge on any atom is 0.471 e. The number of hydrogen-bond donors (Lipinski definition) is 1. The zero-order valence-electron chi connectivity index (χ0n) is 10.2. The number of carbonyl (C=O) groups excluding carboxylic acids is 1. The molecular formula is C12H9F3N2OS2. The second kappa shape index (κ2) is 5.84. The Hall–Kier alpha value is -1.54. The summed E-state index contributed by atoms with van der Waals surface area (Å²) in [5.41, 5.74) is 0.794. The number of aromatic nitrogens is 1. The van der Waals surface area contributed by atoms with Crippen LogP contribution in [0.2, 0.25) is 0 Å². The van der Waals surface area contributed by atoms with E-state index in [1.807, 2.05) is 11.6 Å². The average molecular weight is 318 g/mol. The predicted octanol–water partition coefficient (Wildman–Crippen LogP) is 4.03. The quantitative estimate of drug-likeness (QED) is 0.869. The molecule has 1 amide bonds. The topological polar surface area (TPSA) is 42.0 Å². The highest BCUT2D eigenvalue weighted by atomic mass is 32.2. The van der Waals surface area contributed by atoms with Crippen LogP contribution in [-0.4, -0.2) is 23.3 Å². The van der Waals surface area contributed by atoms with Gasteiger partial charge in [0.25, 0.3) is 0 Å². The van der Waals surface area contributed by atoms with E-state index in [1.54, 1.807) is 17.6 Å². The SMILES string of the molecule is CSc1ccc(NC(=O)C(F)(F)F)cc1-c1nccs1. The van der Waals surface area contributed by atoms with Gasteiger partial charge in [-0.2, -0.15) is 13.2 Å². The number of nitrogens with zero attached hydrogens (tertiary/aromatic N) is 1. The highest BCUT2D eigenvalue weighted by molar-refractivity contribution is 7.98. The van der Waals surface area contributed by atoms with Gasteiger partial charge in [0, 0.05) is 27.7 Å². The highest BCUT2D eigenvalue weighted by Crippen LogP contribution is 2.34. The minimum absolute atomic E-state index is 0.0929. The van der Waals surface area contributed by atoms with Crippen LogP contribution in [-0.2, 0) is 4.79 Å². The van der Waals surface area contributed by atoms with Crippen molar-refractivity contribution < 1.29 is 18.0 Å². The second-order valence-electron chi connectivity index (χ2n) is 3.70. The van der Waals surface area contributed by atoms with Crippen LogP contribution in [0.5, 0.6) is 0 Å². The van der Waals surface area contributed by atoms with Gasteiger partial charge >= 0.3 is 12.1 Å². The molecule has 2 aromatic rings. The van der Waals surface area contributed by atoms with Gasteiger partial charge < -0.3 is 5.32 Å². The number of nitrogens with one attached hydrogen (secondary N) is 1. The summed E-state index contributed by atoms with van der Waals surface area (Å²) >= 11 is 2.84. The van der Waals surface area contributed by atoms with E-state index in [1.165, 1.54) is 35.2 Å². The number of hydrogen-bond acceptors (Lipinski definition) is 4. The number of thioether (sulfide) groups is 1. The van der Waals surface area contributed by atoms with Crippen molar-refractivity contribution in [2.45, 2.75) is 11.1 Å². The Morgan fingerprint density at radius 2 is 2.15 bits per heavy atom. The molecule has 20 heavy (non-hydrogen) atoms. The van der Waals surface area contributed by atoms with Crippen molar-refractivity contribution in [2.24, 2.45) is 0 Å². The summed E-state index contributed by atoms with van der Waals surface area (Å²) in [6.07, 6.45) is -1.43. The van der Waals surface area contributed by atoms with Crippen molar-refractivity contribution in [1.29, 1.82) is 0 Å². The maximum atomic E-state index is 12.2. The van der Waals surface area contributed by atoms with E-state index in [-0.39, 0.29) is 5.69 Å². The summed E-state index contributed by atoms with van der Waals surface area (Å²) in [6.45, 7) is 0. The summed E-state index contributed by atoms with van der Waals surface area (Å²) in [7, 11) is 0. The van der Waals surface area contributed by atoms with Gasteiger partial charge in [-0.25, -0.2) is 4.98 Å². The Balaban J connectivity index is 2.34. The Bertz CT molecular complexity index is 612. The number of alkyl halides is 3. The monoisotopic (exact) mass is 318 g/mol. The lowest BCUT2D eigenvalue weighted by Crippen LogP contribution is -2.29. The molecule has 0 radical (unpaired) electrons. The van der Waals surface area contributed by atoms with E-state index in [0.29, 0.717) is 10.6 Å². The van der Waals surface area contributed by atoms with Crippen LogP contribution in [0, 0.1) is 0 Å². The Labute approximate surface area is 121 Å². The van der Waals surface area contributed by atoms with Crippen LogP contribution in [0.1, 0.15) is 0 Å². The van der Waals surface area contributed by atoms with Crippen molar-refractivity contribution in [3.8, 4) is 10.6 Å². The van der Waals surface area contributed by atoms with E-state index in [9.17, 15) is 18.0 Å². The third-order valence-corrected chi connectivity index (χ3v) is 3.98. The first kappa shape index (κ1) is 14.9. The molecule has 106 valence electrons. The molecule has 0 saturated heterocycles. The molecule has 0 fully saturated rings. The van der Waals surface area contributed by atoms with Crippen molar-refractivity contribution in [3.05, 3.63) is 29.8 Å². The fourth-order valence-electron chi connectivity index (χ4n) is 1.51. The third-order valence-electron chi connectivity index (χ3n) is 2.38. The first-order valence-electron chi connectivity index (χ1n) is 5.38. The van der Waals surface area contributed by atoms with Crippen LogP contribution in [0.15, 0.2) is 34.7 Å². The molecule has 0 bridgehead atoms. The van der Waals surface area contributed by atoms with E-state index < -0.39 is 12.1 Å². The summed E-state index contributed by atoms with van der Waals surface area (Å²) < 4.78 is 36.7. The number of rotatable bonds is 3. The average Bonchev–Trinajstić information content (AvgIpc) is 2.91. The standard InChI is InChI=1S/C12H9F3N2OS2/c1-19-9-3-2-7(17-11(18)12(13,14)15)6-8(9)10-16-4-5-20-10/h2-6H,1H3,(H,17,18). The molecule has 1 aromatic carbocycles. The van der Waals surface area contributed by atoms with Gasteiger partial charge in [-0.1, -0.05) is 0 Å². The van der Waals surface area contributed by atoms with Crippen molar-refractivity contribution in [1.82, 2.24) is 4.98 Å². The lowest BCUT2D eigenvalue weighted by atomic mass is 10.2. The van der Waals surface area contributed by atoms with Crippen LogP contribution >= 0.6 is 23.1 Å². The molecule has 1 aromatic heterocycles. The number of amides is 1. The van der Waals surface area contributed by atoms with Crippen LogP contribution in [0.25, 0.3) is 10.6 Å². The highest BCUT2D eigenvalue weighted by Gasteiger charge is 2.38. The maximum absolute atomic E-state index is 12.2. The first-order chi connectivity index (χ1) is 9.41. The Morgan fingerprint density at radius 3 is 2.70 bits per heavy atom. The first-order valence-corrected chi connectivity index (χ1v) is 7.48. The van der Waals surface area contributed by atoms with Crippen LogP contribution < -0.4 is 5.32 Å². The van der Waals surface area contributed by atoms with E-state index >= 15 is 0 Å². The molecule has 0 aliphatic rings. The zero-order chi connectivity index (χ0) is 14.8. The van der Waals surface area contributed by atoms with E-state index in [4.69, 9.17) is 0 Å². The fourth-order valence-corrected chi connectivity index (χ4v) is 2.82. The van der Waals surface area contributed by atoms with Crippen LogP contribution in [0.4, 0.5) is 18.9 Å². The molecule has 0 unspecified atom stereocenters. The van der Waals surface area contributed by atoms with Gasteiger partial charge in [0.2, 0.25) is 0 Å². The number of benzene rings is 1. The molecule has 0 aliphatic heterocycles. The number of halogens is 3. The molecular weight excluding hydrogens is 309 g/mol. The second-order valence-corrected chi connectivity index (χ2v) is 5.45. The lowest BCUT2D eigenvalue weighted by Gasteiger charge is -2.11. The summed E-state index contributed by atoms with van der Waals surface area (Å²) in [5, 5.41) is 4.31. The van der Waals surface area contributed by atoms with E-state index in [2.05, 4.69) is 4.98 Å². The molecule has 0 spiro atoms. The summed E-state index contributed by atoms with van der Waals surface area (Å²) in [5.74, 6) is -1.99. The summed E-state index contributed by atoms with van der Waals surface area (Å²) in [6, 6.07) is 4.59. The van der Waals surface area contributed by atoms with Gasteiger partial charge in [0.15, 0.2) is 0 Å². The van der Waals surface area contributed by atoms with Crippen molar-refractivity contribution in [3.63, 3.8) is 0 Å².